The molecule has 1 saturated carbocycles. The second-order valence-electron chi connectivity index (χ2n) is 11.3. The SMILES string of the molecule is CN1CCN(c2cc(N3CCc4ccc(-c5ccc(C(=O)NC6CCC(O)CC6)nc5)cc4C3)nc(N)n2)CC1. The van der Waals surface area contributed by atoms with Gasteiger partial charge in [0.2, 0.25) is 5.95 Å². The Balaban J connectivity index is 1.15. The van der Waals surface area contributed by atoms with Crippen LogP contribution in [0, 0.1) is 0 Å². The van der Waals surface area contributed by atoms with E-state index in [2.05, 4.69) is 66.3 Å². The maximum Gasteiger partial charge on any atom is 0.270 e. The molecule has 10 nitrogen and oxygen atoms in total. The topological polar surface area (TPSA) is 124 Å². The monoisotopic (exact) mass is 542 g/mol. The van der Waals surface area contributed by atoms with Gasteiger partial charge >= 0.3 is 0 Å². The summed E-state index contributed by atoms with van der Waals surface area (Å²) in [6.45, 7) is 5.48. The number of carbonyl (C=O) groups excluding carboxylic acids is 1. The normalized spacial score (nSPS) is 21.6. The molecule has 10 heteroatoms. The van der Waals surface area contributed by atoms with E-state index in [1.54, 1.807) is 12.3 Å². The minimum absolute atomic E-state index is 0.101. The Hall–Kier alpha value is -3.76. The van der Waals surface area contributed by atoms with Crippen molar-refractivity contribution in [1.29, 1.82) is 0 Å². The van der Waals surface area contributed by atoms with E-state index < -0.39 is 0 Å². The smallest absolute Gasteiger partial charge is 0.270 e. The van der Waals surface area contributed by atoms with Gasteiger partial charge in [-0.05, 0) is 68.0 Å². The molecule has 2 fully saturated rings. The van der Waals surface area contributed by atoms with Gasteiger partial charge in [0.1, 0.15) is 17.3 Å². The van der Waals surface area contributed by atoms with Crippen LogP contribution in [-0.2, 0) is 13.0 Å². The number of pyridine rings is 1. The number of rotatable bonds is 5. The molecule has 1 amide bonds. The fourth-order valence-corrected chi connectivity index (χ4v) is 5.91. The van der Waals surface area contributed by atoms with E-state index in [0.29, 0.717) is 11.6 Å². The highest BCUT2D eigenvalue weighted by atomic mass is 16.3. The van der Waals surface area contributed by atoms with Crippen molar-refractivity contribution in [3.8, 4) is 11.1 Å². The number of aliphatic hydroxyl groups excluding tert-OH is 1. The van der Waals surface area contributed by atoms with Crippen molar-refractivity contribution >= 4 is 23.5 Å². The molecule has 1 saturated heterocycles. The number of likely N-dealkylation sites (N-methyl/N-ethyl adjacent to an activating group) is 1. The summed E-state index contributed by atoms with van der Waals surface area (Å²) in [5.74, 6) is 1.91. The lowest BCUT2D eigenvalue weighted by Gasteiger charge is -2.34. The number of benzene rings is 1. The van der Waals surface area contributed by atoms with E-state index in [0.717, 1.165) is 94.1 Å². The summed E-state index contributed by atoms with van der Waals surface area (Å²) >= 11 is 0. The molecule has 0 bridgehead atoms. The number of anilines is 3. The number of nitrogens with one attached hydrogen (secondary N) is 1. The second-order valence-corrected chi connectivity index (χ2v) is 11.3. The lowest BCUT2D eigenvalue weighted by molar-refractivity contribution is 0.0863. The highest BCUT2D eigenvalue weighted by Gasteiger charge is 2.23. The fraction of sp³-hybridized carbons (Fsp3) is 0.467. The van der Waals surface area contributed by atoms with Crippen LogP contribution in [0.5, 0.6) is 0 Å². The first-order valence-electron chi connectivity index (χ1n) is 14.3. The minimum atomic E-state index is -0.243. The van der Waals surface area contributed by atoms with Crippen LogP contribution in [0.15, 0.2) is 42.6 Å². The van der Waals surface area contributed by atoms with Crippen LogP contribution in [0.1, 0.15) is 47.3 Å². The van der Waals surface area contributed by atoms with Gasteiger partial charge in [-0.25, -0.2) is 0 Å². The van der Waals surface area contributed by atoms with Crippen molar-refractivity contribution in [2.75, 3.05) is 55.3 Å². The van der Waals surface area contributed by atoms with Gasteiger partial charge in [-0.2, -0.15) is 9.97 Å². The molecule has 0 atom stereocenters. The third-order valence-corrected chi connectivity index (χ3v) is 8.45. The molecule has 2 aliphatic heterocycles. The minimum Gasteiger partial charge on any atom is -0.393 e. The number of aliphatic hydroxyl groups is 1. The quantitative estimate of drug-likeness (QED) is 0.446. The zero-order chi connectivity index (χ0) is 27.6. The lowest BCUT2D eigenvalue weighted by Crippen LogP contribution is -2.45. The first-order chi connectivity index (χ1) is 19.4. The summed E-state index contributed by atoms with van der Waals surface area (Å²) in [7, 11) is 2.14. The van der Waals surface area contributed by atoms with Crippen molar-refractivity contribution in [3.63, 3.8) is 0 Å². The fourth-order valence-electron chi connectivity index (χ4n) is 5.91. The highest BCUT2D eigenvalue weighted by molar-refractivity contribution is 5.92. The Morgan fingerprint density at radius 2 is 1.62 bits per heavy atom. The van der Waals surface area contributed by atoms with E-state index >= 15 is 0 Å². The number of hydrogen-bond donors (Lipinski definition) is 3. The summed E-state index contributed by atoms with van der Waals surface area (Å²) in [5, 5.41) is 12.8. The number of nitrogen functional groups attached to an aromatic ring is 1. The van der Waals surface area contributed by atoms with Gasteiger partial charge in [0.15, 0.2) is 0 Å². The largest absolute Gasteiger partial charge is 0.393 e. The predicted octanol–water partition coefficient (Wildman–Crippen LogP) is 2.47. The van der Waals surface area contributed by atoms with Crippen LogP contribution in [0.4, 0.5) is 17.6 Å². The average molecular weight is 543 g/mol. The van der Waals surface area contributed by atoms with Crippen LogP contribution < -0.4 is 20.9 Å². The highest BCUT2D eigenvalue weighted by Crippen LogP contribution is 2.30. The standard InChI is InChI=1S/C30H38N8O2/c1-36-12-14-37(15-13-36)27-17-28(35-30(31)34-27)38-11-10-20-2-3-21(16-23(20)19-38)22-4-9-26(32-18-22)29(40)33-24-5-7-25(39)8-6-24/h2-4,9,16-18,24-25,39H,5-8,10-15,19H2,1H3,(H,33,40)(H2,31,34,35). The first-order valence-corrected chi connectivity index (χ1v) is 14.3. The molecule has 0 spiro atoms. The molecular weight excluding hydrogens is 504 g/mol. The Morgan fingerprint density at radius 3 is 2.35 bits per heavy atom. The molecule has 3 aromatic rings. The predicted molar refractivity (Wildman–Crippen MR) is 156 cm³/mol. The molecule has 4 heterocycles. The van der Waals surface area contributed by atoms with Gasteiger partial charge in [-0.1, -0.05) is 18.2 Å². The molecule has 0 unspecified atom stereocenters. The number of amides is 1. The van der Waals surface area contributed by atoms with Crippen LogP contribution in [-0.4, -0.2) is 82.8 Å². The molecule has 40 heavy (non-hydrogen) atoms. The van der Waals surface area contributed by atoms with Crippen LogP contribution in [0.2, 0.25) is 0 Å². The Morgan fingerprint density at radius 1 is 0.900 bits per heavy atom. The maximum absolute atomic E-state index is 12.7. The van der Waals surface area contributed by atoms with Gasteiger partial charge in [0.05, 0.1) is 6.10 Å². The van der Waals surface area contributed by atoms with Crippen molar-refractivity contribution in [2.24, 2.45) is 0 Å². The van der Waals surface area contributed by atoms with Gasteiger partial charge in [-0.3, -0.25) is 9.78 Å². The summed E-state index contributed by atoms with van der Waals surface area (Å²) in [6.07, 6.45) is 5.53. The maximum atomic E-state index is 12.7. The van der Waals surface area contributed by atoms with E-state index in [1.165, 1.54) is 11.1 Å². The Bertz CT molecular complexity index is 1350. The lowest BCUT2D eigenvalue weighted by atomic mass is 9.93. The third kappa shape index (κ3) is 5.88. The van der Waals surface area contributed by atoms with Crippen LogP contribution in [0.25, 0.3) is 11.1 Å². The summed E-state index contributed by atoms with van der Waals surface area (Å²) < 4.78 is 0. The van der Waals surface area contributed by atoms with E-state index in [4.69, 9.17) is 5.73 Å². The van der Waals surface area contributed by atoms with Gasteiger partial charge in [0, 0.05) is 63.1 Å². The molecule has 210 valence electrons. The van der Waals surface area contributed by atoms with Crippen LogP contribution in [0.3, 0.4) is 0 Å². The zero-order valence-electron chi connectivity index (χ0n) is 23.1. The van der Waals surface area contributed by atoms with Gasteiger partial charge in [-0.15, -0.1) is 0 Å². The van der Waals surface area contributed by atoms with Gasteiger partial charge in [0.25, 0.3) is 5.91 Å². The van der Waals surface area contributed by atoms with Crippen LogP contribution >= 0.6 is 0 Å². The molecule has 2 aromatic heterocycles. The molecule has 6 rings (SSSR count). The number of nitrogens with two attached hydrogens (primary N) is 1. The Kier molecular flexibility index (Phi) is 7.53. The molecule has 3 aliphatic rings. The van der Waals surface area contributed by atoms with Crippen molar-refractivity contribution in [3.05, 3.63) is 59.4 Å². The average Bonchev–Trinajstić information content (AvgIpc) is 2.98. The summed E-state index contributed by atoms with van der Waals surface area (Å²) in [5.41, 5.74) is 11.2. The van der Waals surface area contributed by atoms with Crippen molar-refractivity contribution in [2.45, 2.75) is 50.8 Å². The molecule has 0 radical (unpaired) electrons. The zero-order valence-corrected chi connectivity index (χ0v) is 23.1. The molecule has 1 aliphatic carbocycles. The number of hydrogen-bond acceptors (Lipinski definition) is 9. The summed E-state index contributed by atoms with van der Waals surface area (Å²) in [4.78, 5) is 33.2. The third-order valence-electron chi connectivity index (χ3n) is 8.45. The van der Waals surface area contributed by atoms with E-state index in [1.807, 2.05) is 6.07 Å². The number of nitrogens with zero attached hydrogens (tertiary/aromatic N) is 6. The second kappa shape index (κ2) is 11.4. The Labute approximate surface area is 235 Å². The molecular formula is C30H38N8O2. The van der Waals surface area contributed by atoms with Gasteiger partial charge < -0.3 is 30.9 Å². The first kappa shape index (κ1) is 26.5. The van der Waals surface area contributed by atoms with Crippen molar-refractivity contribution in [1.82, 2.24) is 25.2 Å². The number of fused-ring (bicyclic) bond motifs is 1. The van der Waals surface area contributed by atoms with E-state index in [-0.39, 0.29) is 18.1 Å². The van der Waals surface area contributed by atoms with Crippen molar-refractivity contribution < 1.29 is 9.90 Å². The number of carbonyl (C=O) groups is 1. The molecule has 4 N–H and O–H groups in total. The number of piperazine rings is 1. The number of aromatic nitrogens is 3. The summed E-state index contributed by atoms with van der Waals surface area (Å²) in [6, 6.07) is 12.5. The molecule has 1 aromatic carbocycles. The van der Waals surface area contributed by atoms with E-state index in [9.17, 15) is 9.90 Å².